The Kier molecular flexibility index (Phi) is 4.29. The number of aryl methyl sites for hydroxylation is 3. The molecule has 6 heteroatoms. The van der Waals surface area contributed by atoms with Crippen LogP contribution >= 0.6 is 11.6 Å². The predicted molar refractivity (Wildman–Crippen MR) is 78.0 cm³/mol. The summed E-state index contributed by atoms with van der Waals surface area (Å²) in [6.07, 6.45) is 4.51. The van der Waals surface area contributed by atoms with Crippen LogP contribution < -0.4 is 5.32 Å². The number of phenols is 1. The number of carbonyl (C=O) groups excluding carboxylic acids is 1. The monoisotopic (exact) mass is 293 g/mol. The molecular weight excluding hydrogens is 278 g/mol. The van der Waals surface area contributed by atoms with Gasteiger partial charge in [-0.25, -0.2) is 0 Å². The van der Waals surface area contributed by atoms with Crippen LogP contribution in [0.2, 0.25) is 5.02 Å². The summed E-state index contributed by atoms with van der Waals surface area (Å²) >= 11 is 5.91. The van der Waals surface area contributed by atoms with Crippen molar-refractivity contribution in [3.63, 3.8) is 0 Å². The number of carbonyl (C=O) groups is 1. The van der Waals surface area contributed by atoms with E-state index in [0.29, 0.717) is 29.1 Å². The number of aromatic nitrogens is 2. The zero-order valence-corrected chi connectivity index (χ0v) is 12.1. The van der Waals surface area contributed by atoms with Gasteiger partial charge in [0.25, 0.3) is 0 Å². The molecule has 0 aliphatic rings. The Bertz CT molecular complexity index is 637. The number of aromatic hydroxyl groups is 1. The van der Waals surface area contributed by atoms with Crippen molar-refractivity contribution in [2.45, 2.75) is 19.8 Å². The summed E-state index contributed by atoms with van der Waals surface area (Å²) in [5, 5.41) is 17.1. The molecule has 106 valence electrons. The van der Waals surface area contributed by atoms with Gasteiger partial charge >= 0.3 is 0 Å². The van der Waals surface area contributed by atoms with Gasteiger partial charge in [-0.2, -0.15) is 5.10 Å². The molecule has 0 unspecified atom stereocenters. The molecule has 1 heterocycles. The van der Waals surface area contributed by atoms with Crippen LogP contribution in [0.5, 0.6) is 5.75 Å². The lowest BCUT2D eigenvalue weighted by atomic mass is 10.1. The predicted octanol–water partition coefficient (Wildman–Crippen LogP) is 2.66. The third-order valence-electron chi connectivity index (χ3n) is 2.94. The van der Waals surface area contributed by atoms with Gasteiger partial charge in [-0.15, -0.1) is 0 Å². The van der Waals surface area contributed by atoms with E-state index in [4.69, 9.17) is 11.6 Å². The highest BCUT2D eigenvalue weighted by atomic mass is 35.5. The Morgan fingerprint density at radius 2 is 2.25 bits per heavy atom. The molecule has 0 bridgehead atoms. The fraction of sp³-hybridized carbons (Fsp3) is 0.286. The summed E-state index contributed by atoms with van der Waals surface area (Å²) in [5.74, 6) is -0.130. The molecule has 0 saturated heterocycles. The highest BCUT2D eigenvalue weighted by Gasteiger charge is 2.10. The quantitative estimate of drug-likeness (QED) is 0.852. The Balaban J connectivity index is 1.98. The van der Waals surface area contributed by atoms with Gasteiger partial charge < -0.3 is 10.4 Å². The highest BCUT2D eigenvalue weighted by molar-refractivity contribution is 6.31. The van der Waals surface area contributed by atoms with E-state index in [1.54, 1.807) is 23.9 Å². The molecule has 20 heavy (non-hydrogen) atoms. The number of benzene rings is 1. The van der Waals surface area contributed by atoms with E-state index in [1.165, 1.54) is 6.07 Å². The second-order valence-electron chi connectivity index (χ2n) is 4.69. The molecule has 2 aromatic rings. The number of amides is 1. The minimum Gasteiger partial charge on any atom is -0.505 e. The van der Waals surface area contributed by atoms with Gasteiger partial charge in [0, 0.05) is 24.7 Å². The molecule has 2 rings (SSSR count). The van der Waals surface area contributed by atoms with Gasteiger partial charge in [-0.05, 0) is 36.6 Å². The van der Waals surface area contributed by atoms with Crippen LogP contribution in [0.3, 0.4) is 0 Å². The third kappa shape index (κ3) is 3.51. The first kappa shape index (κ1) is 14.4. The molecular formula is C14H16ClN3O2. The number of halogens is 1. The maximum absolute atomic E-state index is 11.9. The number of hydrogen-bond acceptors (Lipinski definition) is 3. The standard InChI is InChI=1S/C14H16ClN3O2/c1-9-5-11(15)6-12(14(9)20)17-13(19)4-3-10-7-16-18(2)8-10/h5-8,20H,3-4H2,1-2H3,(H,17,19). The van der Waals surface area contributed by atoms with Crippen molar-refractivity contribution in [1.29, 1.82) is 0 Å². The van der Waals surface area contributed by atoms with Crippen molar-refractivity contribution >= 4 is 23.2 Å². The molecule has 1 aromatic heterocycles. The van der Waals surface area contributed by atoms with Crippen LogP contribution in [0.15, 0.2) is 24.5 Å². The van der Waals surface area contributed by atoms with E-state index < -0.39 is 0 Å². The molecule has 0 saturated carbocycles. The van der Waals surface area contributed by atoms with Crippen molar-refractivity contribution in [1.82, 2.24) is 9.78 Å². The summed E-state index contributed by atoms with van der Waals surface area (Å²) in [6, 6.07) is 3.17. The topological polar surface area (TPSA) is 67.2 Å². The number of rotatable bonds is 4. The second-order valence-corrected chi connectivity index (χ2v) is 5.13. The molecule has 0 aliphatic heterocycles. The molecule has 0 aliphatic carbocycles. The van der Waals surface area contributed by atoms with E-state index >= 15 is 0 Å². The summed E-state index contributed by atoms with van der Waals surface area (Å²) < 4.78 is 1.69. The van der Waals surface area contributed by atoms with Crippen molar-refractivity contribution in [2.75, 3.05) is 5.32 Å². The maximum atomic E-state index is 11.9. The van der Waals surface area contributed by atoms with Crippen molar-refractivity contribution in [2.24, 2.45) is 7.05 Å². The van der Waals surface area contributed by atoms with Crippen LogP contribution in [-0.4, -0.2) is 20.8 Å². The average molecular weight is 294 g/mol. The molecule has 0 atom stereocenters. The lowest BCUT2D eigenvalue weighted by Gasteiger charge is -2.09. The Morgan fingerprint density at radius 1 is 1.50 bits per heavy atom. The van der Waals surface area contributed by atoms with Crippen LogP contribution in [0.4, 0.5) is 5.69 Å². The first-order valence-electron chi connectivity index (χ1n) is 6.22. The number of phenolic OH excluding ortho intramolecular Hbond substituents is 1. The maximum Gasteiger partial charge on any atom is 0.224 e. The lowest BCUT2D eigenvalue weighted by molar-refractivity contribution is -0.116. The van der Waals surface area contributed by atoms with Gasteiger partial charge in [0.05, 0.1) is 11.9 Å². The summed E-state index contributed by atoms with van der Waals surface area (Å²) in [7, 11) is 1.83. The van der Waals surface area contributed by atoms with E-state index in [1.807, 2.05) is 13.2 Å². The molecule has 0 fully saturated rings. The Labute approximate surface area is 122 Å². The van der Waals surface area contributed by atoms with Crippen LogP contribution in [0, 0.1) is 6.92 Å². The van der Waals surface area contributed by atoms with E-state index in [2.05, 4.69) is 10.4 Å². The Hall–Kier alpha value is -2.01. The summed E-state index contributed by atoms with van der Waals surface area (Å²) in [6.45, 7) is 1.73. The van der Waals surface area contributed by atoms with Gasteiger partial charge in [-0.1, -0.05) is 11.6 Å². The lowest BCUT2D eigenvalue weighted by Crippen LogP contribution is -2.12. The fourth-order valence-corrected chi connectivity index (χ4v) is 2.18. The Morgan fingerprint density at radius 3 is 2.90 bits per heavy atom. The van der Waals surface area contributed by atoms with Gasteiger partial charge in [0.2, 0.25) is 5.91 Å². The highest BCUT2D eigenvalue weighted by Crippen LogP contribution is 2.31. The van der Waals surface area contributed by atoms with Crippen molar-refractivity contribution < 1.29 is 9.90 Å². The third-order valence-corrected chi connectivity index (χ3v) is 3.16. The van der Waals surface area contributed by atoms with Crippen LogP contribution in [0.25, 0.3) is 0 Å². The normalized spacial score (nSPS) is 10.6. The van der Waals surface area contributed by atoms with Crippen LogP contribution in [0.1, 0.15) is 17.5 Å². The minimum atomic E-state index is -0.175. The molecule has 1 amide bonds. The second kappa shape index (κ2) is 5.96. The fourth-order valence-electron chi connectivity index (χ4n) is 1.90. The summed E-state index contributed by atoms with van der Waals surface area (Å²) in [4.78, 5) is 11.9. The zero-order chi connectivity index (χ0) is 14.7. The SMILES string of the molecule is Cc1cc(Cl)cc(NC(=O)CCc2cnn(C)c2)c1O. The number of nitrogens with one attached hydrogen (secondary N) is 1. The molecule has 1 aromatic carbocycles. The van der Waals surface area contributed by atoms with E-state index in [9.17, 15) is 9.90 Å². The van der Waals surface area contributed by atoms with Crippen molar-refractivity contribution in [3.05, 3.63) is 40.7 Å². The number of hydrogen-bond donors (Lipinski definition) is 2. The number of nitrogens with zero attached hydrogens (tertiary/aromatic N) is 2. The van der Waals surface area contributed by atoms with E-state index in [0.717, 1.165) is 5.56 Å². The molecule has 5 nitrogen and oxygen atoms in total. The first-order valence-corrected chi connectivity index (χ1v) is 6.60. The molecule has 0 spiro atoms. The summed E-state index contributed by atoms with van der Waals surface area (Å²) in [5.41, 5.74) is 1.96. The van der Waals surface area contributed by atoms with E-state index in [-0.39, 0.29) is 11.7 Å². The molecule has 2 N–H and O–H groups in total. The number of anilines is 1. The van der Waals surface area contributed by atoms with Gasteiger partial charge in [-0.3, -0.25) is 9.48 Å². The minimum absolute atomic E-state index is 0.0455. The van der Waals surface area contributed by atoms with Crippen LogP contribution in [-0.2, 0) is 18.3 Å². The molecule has 0 radical (unpaired) electrons. The first-order chi connectivity index (χ1) is 9.45. The van der Waals surface area contributed by atoms with Crippen molar-refractivity contribution in [3.8, 4) is 5.75 Å². The smallest absolute Gasteiger partial charge is 0.224 e. The zero-order valence-electron chi connectivity index (χ0n) is 11.4. The van der Waals surface area contributed by atoms with Gasteiger partial charge in [0.1, 0.15) is 5.75 Å². The largest absolute Gasteiger partial charge is 0.505 e. The average Bonchev–Trinajstić information content (AvgIpc) is 2.79. The van der Waals surface area contributed by atoms with Gasteiger partial charge in [0.15, 0.2) is 0 Å².